The first kappa shape index (κ1) is 23.0. The summed E-state index contributed by atoms with van der Waals surface area (Å²) in [4.78, 5) is 25.2. The highest BCUT2D eigenvalue weighted by molar-refractivity contribution is 9.10. The number of hydrogen-bond acceptors (Lipinski definition) is 7. The van der Waals surface area contributed by atoms with Crippen LogP contribution < -0.4 is 14.4 Å². The third-order valence-corrected chi connectivity index (χ3v) is 5.96. The molecule has 1 fully saturated rings. The van der Waals surface area contributed by atoms with Crippen molar-refractivity contribution in [2.75, 3.05) is 18.1 Å². The molecule has 7 nitrogen and oxygen atoms in total. The Balaban J connectivity index is 1.95. The van der Waals surface area contributed by atoms with Crippen LogP contribution >= 0.6 is 39.9 Å². The van der Waals surface area contributed by atoms with E-state index in [1.165, 1.54) is 23.1 Å². The summed E-state index contributed by atoms with van der Waals surface area (Å²) in [6.45, 7) is 6.27. The Bertz CT molecular complexity index is 1100. The number of nitro groups is 1. The molecule has 1 aliphatic heterocycles. The zero-order chi connectivity index (χ0) is 22.5. The van der Waals surface area contributed by atoms with Crippen LogP contribution in [-0.2, 0) is 4.79 Å². The summed E-state index contributed by atoms with van der Waals surface area (Å²) in [5.41, 5.74) is 0.946. The lowest BCUT2D eigenvalue weighted by atomic mass is 10.1. The number of thioether (sulfide) groups is 1. The highest BCUT2D eigenvalue weighted by atomic mass is 79.9. The van der Waals surface area contributed by atoms with Crippen LogP contribution in [0.1, 0.15) is 12.5 Å². The number of anilines is 1. The third kappa shape index (κ3) is 5.15. The molecule has 0 atom stereocenters. The molecule has 0 saturated carbocycles. The summed E-state index contributed by atoms with van der Waals surface area (Å²) in [5.74, 6) is 0.721. The number of halogens is 1. The van der Waals surface area contributed by atoms with Crippen LogP contribution in [0.2, 0.25) is 0 Å². The Morgan fingerprint density at radius 1 is 1.32 bits per heavy atom. The maximum atomic E-state index is 13.0. The number of nitro benzene ring substituents is 1. The molecule has 0 aliphatic carbocycles. The number of carbonyl (C=O) groups is 1. The molecule has 2 aromatic rings. The number of rotatable bonds is 8. The number of amides is 1. The van der Waals surface area contributed by atoms with Crippen molar-refractivity contribution in [1.29, 1.82) is 0 Å². The highest BCUT2D eigenvalue weighted by Gasteiger charge is 2.34. The number of non-ortho nitro benzene ring substituents is 1. The quantitative estimate of drug-likeness (QED) is 0.144. The third-order valence-electron chi connectivity index (χ3n) is 4.07. The van der Waals surface area contributed by atoms with Crippen molar-refractivity contribution in [3.63, 3.8) is 0 Å². The molecule has 0 bridgehead atoms. The first-order chi connectivity index (χ1) is 14.8. The van der Waals surface area contributed by atoms with Crippen LogP contribution in [0.25, 0.3) is 6.08 Å². The van der Waals surface area contributed by atoms with Gasteiger partial charge in [-0.05, 0) is 52.7 Å². The lowest BCUT2D eigenvalue weighted by Gasteiger charge is -2.14. The van der Waals surface area contributed by atoms with Gasteiger partial charge in [-0.2, -0.15) is 0 Å². The van der Waals surface area contributed by atoms with Crippen molar-refractivity contribution in [3.8, 4) is 11.5 Å². The zero-order valence-electron chi connectivity index (χ0n) is 16.4. The molecular weight excluding hydrogens is 504 g/mol. The number of hydrogen-bond donors (Lipinski definition) is 0. The average Bonchev–Trinajstić information content (AvgIpc) is 3.00. The second kappa shape index (κ2) is 10.1. The van der Waals surface area contributed by atoms with Gasteiger partial charge in [0.05, 0.1) is 26.6 Å². The number of benzene rings is 2. The van der Waals surface area contributed by atoms with Crippen LogP contribution in [0.15, 0.2) is 58.4 Å². The van der Waals surface area contributed by atoms with Gasteiger partial charge in [0, 0.05) is 12.1 Å². The number of carbonyl (C=O) groups excluding carboxylic acids is 1. The Morgan fingerprint density at radius 3 is 2.77 bits per heavy atom. The van der Waals surface area contributed by atoms with Gasteiger partial charge >= 0.3 is 0 Å². The summed E-state index contributed by atoms with van der Waals surface area (Å²) >= 11 is 9.97. The van der Waals surface area contributed by atoms with E-state index in [0.717, 1.165) is 11.8 Å². The minimum Gasteiger partial charge on any atom is -0.490 e. The first-order valence-electron chi connectivity index (χ1n) is 9.08. The predicted octanol–water partition coefficient (Wildman–Crippen LogP) is 5.73. The summed E-state index contributed by atoms with van der Waals surface area (Å²) in [7, 11) is 0. The molecule has 31 heavy (non-hydrogen) atoms. The van der Waals surface area contributed by atoms with Gasteiger partial charge in [0.2, 0.25) is 0 Å². The average molecular weight is 521 g/mol. The molecule has 3 rings (SSSR count). The zero-order valence-corrected chi connectivity index (χ0v) is 19.6. The highest BCUT2D eigenvalue weighted by Crippen LogP contribution is 2.40. The lowest BCUT2D eigenvalue weighted by Crippen LogP contribution is -2.27. The number of nitrogens with zero attached hydrogens (tertiary/aromatic N) is 2. The smallest absolute Gasteiger partial charge is 0.271 e. The Hall–Kier alpha value is -2.69. The Kier molecular flexibility index (Phi) is 7.47. The molecule has 0 radical (unpaired) electrons. The van der Waals surface area contributed by atoms with Crippen molar-refractivity contribution in [3.05, 3.63) is 74.1 Å². The van der Waals surface area contributed by atoms with Crippen LogP contribution in [0.3, 0.4) is 0 Å². The van der Waals surface area contributed by atoms with Gasteiger partial charge in [-0.25, -0.2) is 0 Å². The van der Waals surface area contributed by atoms with Gasteiger partial charge < -0.3 is 9.47 Å². The molecule has 2 aromatic carbocycles. The summed E-state index contributed by atoms with van der Waals surface area (Å²) in [6, 6.07) is 9.38. The van der Waals surface area contributed by atoms with E-state index < -0.39 is 4.92 Å². The van der Waals surface area contributed by atoms with Crippen molar-refractivity contribution >= 4 is 67.6 Å². The van der Waals surface area contributed by atoms with E-state index in [-0.39, 0.29) is 11.6 Å². The molecule has 1 heterocycles. The van der Waals surface area contributed by atoms with E-state index in [1.54, 1.807) is 30.4 Å². The molecule has 0 N–H and O–H groups in total. The van der Waals surface area contributed by atoms with Crippen LogP contribution in [0.5, 0.6) is 11.5 Å². The van der Waals surface area contributed by atoms with Crippen molar-refractivity contribution in [1.82, 2.24) is 0 Å². The molecule has 1 amide bonds. The summed E-state index contributed by atoms with van der Waals surface area (Å²) < 4.78 is 12.3. The Labute approximate surface area is 197 Å². The maximum absolute atomic E-state index is 13.0. The molecule has 0 unspecified atom stereocenters. The second-order valence-corrected chi connectivity index (χ2v) is 8.69. The Morgan fingerprint density at radius 2 is 2.10 bits per heavy atom. The van der Waals surface area contributed by atoms with Gasteiger partial charge in [-0.15, -0.1) is 0 Å². The van der Waals surface area contributed by atoms with Crippen molar-refractivity contribution in [2.45, 2.75) is 6.92 Å². The minimum absolute atomic E-state index is 0.115. The molecule has 0 spiro atoms. The fourth-order valence-corrected chi connectivity index (χ4v) is 4.68. The monoisotopic (exact) mass is 520 g/mol. The van der Waals surface area contributed by atoms with Crippen molar-refractivity contribution in [2.24, 2.45) is 0 Å². The number of ether oxygens (including phenoxy) is 2. The summed E-state index contributed by atoms with van der Waals surface area (Å²) in [6.07, 6.45) is 3.33. The van der Waals surface area contributed by atoms with E-state index in [9.17, 15) is 14.9 Å². The fourth-order valence-electron chi connectivity index (χ4n) is 2.80. The molecule has 1 saturated heterocycles. The van der Waals surface area contributed by atoms with Crippen molar-refractivity contribution < 1.29 is 19.2 Å². The maximum Gasteiger partial charge on any atom is 0.271 e. The van der Waals surface area contributed by atoms with Crippen LogP contribution in [-0.4, -0.2) is 28.4 Å². The van der Waals surface area contributed by atoms with Crippen LogP contribution in [0.4, 0.5) is 11.4 Å². The largest absolute Gasteiger partial charge is 0.490 e. The van der Waals surface area contributed by atoms with Crippen LogP contribution in [0, 0.1) is 10.1 Å². The fraction of sp³-hybridized carbons (Fsp3) is 0.143. The topological polar surface area (TPSA) is 81.9 Å². The molecule has 1 aliphatic rings. The van der Waals surface area contributed by atoms with Gasteiger partial charge in [0.1, 0.15) is 6.61 Å². The SMILES string of the molecule is C=CCOc1c(Br)cc(/C=C2\SC(=S)N(c3cccc([N+](=O)[O-])c3)C2=O)cc1OCC. The normalized spacial score (nSPS) is 14.8. The minimum atomic E-state index is -0.514. The van der Waals surface area contributed by atoms with E-state index >= 15 is 0 Å². The molecule has 160 valence electrons. The van der Waals surface area contributed by atoms with Gasteiger partial charge in [0.15, 0.2) is 15.8 Å². The van der Waals surface area contributed by atoms with Gasteiger partial charge in [-0.1, -0.05) is 42.7 Å². The summed E-state index contributed by atoms with van der Waals surface area (Å²) in [5, 5.41) is 11.1. The standard InChI is InChI=1S/C21H17BrN2O5S2/c1-3-8-29-19-16(22)9-13(10-17(19)28-4-2)11-18-20(25)23(21(30)31-18)14-6-5-7-15(12-14)24(26)27/h3,5-7,9-12H,1,4,8H2,2H3/b18-11-. The lowest BCUT2D eigenvalue weighted by molar-refractivity contribution is -0.384. The van der Waals surface area contributed by atoms with Gasteiger partial charge in [-0.3, -0.25) is 19.8 Å². The van der Waals surface area contributed by atoms with E-state index in [1.807, 2.05) is 6.92 Å². The van der Waals surface area contributed by atoms with E-state index in [0.29, 0.717) is 49.7 Å². The first-order valence-corrected chi connectivity index (χ1v) is 11.1. The molecule has 10 heteroatoms. The number of thiocarbonyl (C=S) groups is 1. The molecular formula is C21H17BrN2O5S2. The van der Waals surface area contributed by atoms with E-state index in [2.05, 4.69) is 22.5 Å². The molecule has 0 aromatic heterocycles. The van der Waals surface area contributed by atoms with E-state index in [4.69, 9.17) is 21.7 Å². The predicted molar refractivity (Wildman–Crippen MR) is 130 cm³/mol. The van der Waals surface area contributed by atoms with Gasteiger partial charge in [0.25, 0.3) is 11.6 Å². The second-order valence-electron chi connectivity index (χ2n) is 6.16.